The SMILES string of the molecule is CC(=O)NCC1CN(CC2CCN(Cc3ccccc3)CC2)C(=O)N(c2cccc(C(=N)N)c2)C1. The molecule has 0 saturated carbocycles. The number of benzene rings is 2. The average Bonchev–Trinajstić information content (AvgIpc) is 2.86. The fraction of sp³-hybridized carbons (Fsp3) is 0.444. The number of hydrogen-bond acceptors (Lipinski definition) is 4. The third-order valence-corrected chi connectivity index (χ3v) is 6.96. The van der Waals surface area contributed by atoms with Crippen molar-refractivity contribution in [3.05, 3.63) is 65.7 Å². The first-order valence-electron chi connectivity index (χ1n) is 12.4. The number of carbonyl (C=O) groups excluding carboxylic acids is 2. The van der Waals surface area contributed by atoms with Gasteiger partial charge in [-0.3, -0.25) is 20.0 Å². The molecule has 186 valence electrons. The Morgan fingerprint density at radius 1 is 1.06 bits per heavy atom. The molecule has 8 nitrogen and oxygen atoms in total. The van der Waals surface area contributed by atoms with Crippen molar-refractivity contribution in [3.63, 3.8) is 0 Å². The van der Waals surface area contributed by atoms with Gasteiger partial charge in [-0.05, 0) is 49.5 Å². The van der Waals surface area contributed by atoms with Gasteiger partial charge in [-0.1, -0.05) is 42.5 Å². The van der Waals surface area contributed by atoms with E-state index in [-0.39, 0.29) is 23.7 Å². The van der Waals surface area contributed by atoms with Crippen LogP contribution < -0.4 is 16.0 Å². The zero-order valence-electron chi connectivity index (χ0n) is 20.5. The summed E-state index contributed by atoms with van der Waals surface area (Å²) in [6.07, 6.45) is 2.12. The normalized spacial score (nSPS) is 19.6. The van der Waals surface area contributed by atoms with Crippen LogP contribution in [-0.4, -0.2) is 66.8 Å². The minimum Gasteiger partial charge on any atom is -0.384 e. The summed E-state index contributed by atoms with van der Waals surface area (Å²) in [7, 11) is 0. The molecule has 1 atom stereocenters. The van der Waals surface area contributed by atoms with Crippen molar-refractivity contribution in [2.45, 2.75) is 26.3 Å². The number of nitrogens with two attached hydrogens (primary N) is 1. The molecule has 2 saturated heterocycles. The van der Waals surface area contributed by atoms with E-state index < -0.39 is 0 Å². The zero-order valence-corrected chi connectivity index (χ0v) is 20.5. The Kier molecular flexibility index (Phi) is 8.02. The molecule has 2 aliphatic heterocycles. The van der Waals surface area contributed by atoms with Crippen molar-refractivity contribution in [2.75, 3.05) is 44.2 Å². The van der Waals surface area contributed by atoms with Crippen LogP contribution in [0.25, 0.3) is 0 Å². The van der Waals surface area contributed by atoms with Crippen LogP contribution in [0, 0.1) is 17.2 Å². The van der Waals surface area contributed by atoms with E-state index in [0.717, 1.165) is 44.7 Å². The van der Waals surface area contributed by atoms with Gasteiger partial charge in [-0.25, -0.2) is 4.79 Å². The predicted molar refractivity (Wildman–Crippen MR) is 138 cm³/mol. The number of nitrogens with zero attached hydrogens (tertiary/aromatic N) is 3. The molecule has 0 aromatic heterocycles. The van der Waals surface area contributed by atoms with Gasteiger partial charge in [0.2, 0.25) is 5.91 Å². The summed E-state index contributed by atoms with van der Waals surface area (Å²) in [5.74, 6) is 0.487. The second kappa shape index (κ2) is 11.4. The number of carbonyl (C=O) groups is 2. The van der Waals surface area contributed by atoms with Gasteiger partial charge >= 0.3 is 6.03 Å². The maximum atomic E-state index is 13.5. The molecule has 1 unspecified atom stereocenters. The lowest BCUT2D eigenvalue weighted by Crippen LogP contribution is -2.57. The van der Waals surface area contributed by atoms with Gasteiger partial charge in [0, 0.05) is 56.8 Å². The number of urea groups is 1. The summed E-state index contributed by atoms with van der Waals surface area (Å²) in [4.78, 5) is 31.3. The molecule has 2 aromatic carbocycles. The molecule has 8 heteroatoms. The minimum absolute atomic E-state index is 0.0171. The van der Waals surface area contributed by atoms with Crippen molar-refractivity contribution >= 4 is 23.5 Å². The van der Waals surface area contributed by atoms with Crippen LogP contribution >= 0.6 is 0 Å². The first kappa shape index (κ1) is 24.7. The molecular weight excluding hydrogens is 440 g/mol. The lowest BCUT2D eigenvalue weighted by atomic mass is 9.94. The van der Waals surface area contributed by atoms with Crippen LogP contribution in [-0.2, 0) is 11.3 Å². The van der Waals surface area contributed by atoms with Crippen molar-refractivity contribution in [1.82, 2.24) is 15.1 Å². The Hall–Kier alpha value is -3.39. The molecule has 4 N–H and O–H groups in total. The third kappa shape index (κ3) is 6.60. The van der Waals surface area contributed by atoms with Crippen molar-refractivity contribution in [2.24, 2.45) is 17.6 Å². The van der Waals surface area contributed by atoms with E-state index in [2.05, 4.69) is 34.5 Å². The van der Waals surface area contributed by atoms with E-state index in [0.29, 0.717) is 31.1 Å². The molecule has 4 rings (SSSR count). The molecular formula is C27H36N6O2. The molecule has 0 aliphatic carbocycles. The summed E-state index contributed by atoms with van der Waals surface area (Å²) in [6.45, 7) is 6.94. The van der Waals surface area contributed by atoms with Crippen LogP contribution in [0.15, 0.2) is 54.6 Å². The number of nitrogens with one attached hydrogen (secondary N) is 2. The molecule has 2 aliphatic rings. The summed E-state index contributed by atoms with van der Waals surface area (Å²) in [5.41, 5.74) is 8.35. The number of amidine groups is 1. The first-order valence-corrected chi connectivity index (χ1v) is 12.4. The third-order valence-electron chi connectivity index (χ3n) is 6.96. The van der Waals surface area contributed by atoms with Gasteiger partial charge < -0.3 is 16.0 Å². The maximum absolute atomic E-state index is 13.5. The van der Waals surface area contributed by atoms with E-state index in [1.807, 2.05) is 23.1 Å². The number of rotatable bonds is 8. The Bertz CT molecular complexity index is 1030. The van der Waals surface area contributed by atoms with E-state index in [1.165, 1.54) is 12.5 Å². The Morgan fingerprint density at radius 3 is 2.49 bits per heavy atom. The lowest BCUT2D eigenvalue weighted by molar-refractivity contribution is -0.119. The highest BCUT2D eigenvalue weighted by Gasteiger charge is 2.34. The van der Waals surface area contributed by atoms with Crippen molar-refractivity contribution < 1.29 is 9.59 Å². The molecule has 2 aromatic rings. The number of likely N-dealkylation sites (tertiary alicyclic amines) is 1. The Balaban J connectivity index is 1.41. The number of amides is 3. The van der Waals surface area contributed by atoms with Gasteiger partial charge in [-0.2, -0.15) is 0 Å². The van der Waals surface area contributed by atoms with Crippen molar-refractivity contribution in [1.29, 1.82) is 5.41 Å². The number of piperidine rings is 1. The molecule has 35 heavy (non-hydrogen) atoms. The van der Waals surface area contributed by atoms with Crippen LogP contribution in [0.5, 0.6) is 0 Å². The van der Waals surface area contributed by atoms with Crippen LogP contribution in [0.1, 0.15) is 30.9 Å². The smallest absolute Gasteiger partial charge is 0.324 e. The van der Waals surface area contributed by atoms with E-state index >= 15 is 0 Å². The standard InChI is InChI=1S/C27H36N6O2/c1-20(34)30-15-23-18-32(27(35)33(19-23)25-9-5-8-24(14-25)26(28)29)17-22-10-12-31(13-11-22)16-21-6-3-2-4-7-21/h2-9,14,22-23H,10-13,15-19H2,1H3,(H3,28,29)(H,30,34). The molecule has 2 fully saturated rings. The van der Waals surface area contributed by atoms with E-state index in [9.17, 15) is 9.59 Å². The summed E-state index contributed by atoms with van der Waals surface area (Å²) in [6, 6.07) is 17.8. The second-order valence-corrected chi connectivity index (χ2v) is 9.77. The van der Waals surface area contributed by atoms with Gasteiger partial charge in [0.1, 0.15) is 5.84 Å². The molecule has 2 heterocycles. The van der Waals surface area contributed by atoms with Crippen LogP contribution in [0.3, 0.4) is 0 Å². The lowest BCUT2D eigenvalue weighted by Gasteiger charge is -2.42. The quantitative estimate of drug-likeness (QED) is 0.402. The summed E-state index contributed by atoms with van der Waals surface area (Å²) >= 11 is 0. The largest absolute Gasteiger partial charge is 0.384 e. The highest BCUT2D eigenvalue weighted by molar-refractivity contribution is 5.98. The molecule has 0 bridgehead atoms. The van der Waals surface area contributed by atoms with Gasteiger partial charge in [0.25, 0.3) is 0 Å². The van der Waals surface area contributed by atoms with Gasteiger partial charge in [-0.15, -0.1) is 0 Å². The van der Waals surface area contributed by atoms with Gasteiger partial charge in [0.15, 0.2) is 0 Å². The number of nitrogen functional groups attached to an aromatic ring is 1. The van der Waals surface area contributed by atoms with Gasteiger partial charge in [0.05, 0.1) is 0 Å². The average molecular weight is 477 g/mol. The van der Waals surface area contributed by atoms with Crippen LogP contribution in [0.4, 0.5) is 10.5 Å². The zero-order chi connectivity index (χ0) is 24.8. The number of anilines is 1. The highest BCUT2D eigenvalue weighted by atomic mass is 16.2. The Labute approximate surface area is 207 Å². The molecule has 0 spiro atoms. The van der Waals surface area contributed by atoms with E-state index in [1.54, 1.807) is 17.0 Å². The second-order valence-electron chi connectivity index (χ2n) is 9.77. The monoisotopic (exact) mass is 476 g/mol. The molecule has 3 amide bonds. The Morgan fingerprint density at radius 2 is 1.80 bits per heavy atom. The first-order chi connectivity index (χ1) is 16.9. The topological polar surface area (TPSA) is 106 Å². The fourth-order valence-electron chi connectivity index (χ4n) is 5.06. The summed E-state index contributed by atoms with van der Waals surface area (Å²) in [5, 5.41) is 10.7. The predicted octanol–water partition coefficient (Wildman–Crippen LogP) is 2.88. The highest BCUT2D eigenvalue weighted by Crippen LogP contribution is 2.27. The maximum Gasteiger partial charge on any atom is 0.324 e. The van der Waals surface area contributed by atoms with E-state index in [4.69, 9.17) is 11.1 Å². The number of hydrogen-bond donors (Lipinski definition) is 3. The molecule has 0 radical (unpaired) electrons. The van der Waals surface area contributed by atoms with Crippen LogP contribution in [0.2, 0.25) is 0 Å². The van der Waals surface area contributed by atoms with Crippen molar-refractivity contribution in [3.8, 4) is 0 Å². The minimum atomic E-state index is -0.0654. The fourth-order valence-corrected chi connectivity index (χ4v) is 5.06. The summed E-state index contributed by atoms with van der Waals surface area (Å²) < 4.78 is 0.